The molecule has 0 saturated carbocycles. The molecular formula is C15H25ClN2O2. The standard InChI is InChI=1S/C15H25ClN2O2/c1-7-11(2)8-9-13(16)18-12(3)10-17-14(19)20-15(4,5)6/h9H,2,7-8,10H2,1,3-6H3,(H,17,19)/b13-9-,18-12+. The summed E-state index contributed by atoms with van der Waals surface area (Å²) in [6.45, 7) is 13.5. The van der Waals surface area contributed by atoms with E-state index in [1.807, 2.05) is 33.8 Å². The molecule has 5 heteroatoms. The Morgan fingerprint density at radius 1 is 1.45 bits per heavy atom. The predicted octanol–water partition coefficient (Wildman–Crippen LogP) is 4.41. The third kappa shape index (κ3) is 10.6. The van der Waals surface area contributed by atoms with E-state index in [1.165, 1.54) is 0 Å². The normalized spacial score (nSPS) is 13.1. The molecule has 0 aromatic carbocycles. The number of carbonyl (C=O) groups excluding carboxylic acids is 1. The van der Waals surface area contributed by atoms with Gasteiger partial charge in [0.25, 0.3) is 0 Å². The van der Waals surface area contributed by atoms with Crippen molar-refractivity contribution in [2.45, 2.75) is 53.1 Å². The summed E-state index contributed by atoms with van der Waals surface area (Å²) in [5.41, 5.74) is 1.30. The number of amides is 1. The van der Waals surface area contributed by atoms with E-state index >= 15 is 0 Å². The zero-order chi connectivity index (χ0) is 15.8. The molecule has 0 atom stereocenters. The predicted molar refractivity (Wildman–Crippen MR) is 85.3 cm³/mol. The van der Waals surface area contributed by atoms with E-state index < -0.39 is 11.7 Å². The molecule has 0 aromatic rings. The lowest BCUT2D eigenvalue weighted by Crippen LogP contribution is -2.34. The van der Waals surface area contributed by atoms with Crippen LogP contribution >= 0.6 is 11.6 Å². The average Bonchev–Trinajstić information content (AvgIpc) is 2.31. The minimum Gasteiger partial charge on any atom is -0.444 e. The molecule has 0 spiro atoms. The molecule has 0 aliphatic rings. The Labute approximate surface area is 126 Å². The number of hydrogen-bond donors (Lipinski definition) is 1. The maximum Gasteiger partial charge on any atom is 0.407 e. The summed E-state index contributed by atoms with van der Waals surface area (Å²) in [6, 6.07) is 0. The minimum atomic E-state index is -0.507. The summed E-state index contributed by atoms with van der Waals surface area (Å²) in [7, 11) is 0. The summed E-state index contributed by atoms with van der Waals surface area (Å²) in [6.07, 6.45) is 2.98. The monoisotopic (exact) mass is 300 g/mol. The smallest absolute Gasteiger partial charge is 0.407 e. The highest BCUT2D eigenvalue weighted by atomic mass is 35.5. The molecule has 114 valence electrons. The number of aliphatic imine (C=N–C) groups is 1. The van der Waals surface area contributed by atoms with Gasteiger partial charge in [0, 0.05) is 5.71 Å². The van der Waals surface area contributed by atoms with Gasteiger partial charge in [-0.05, 0) is 46.6 Å². The first-order chi connectivity index (χ1) is 9.14. The molecule has 0 unspecified atom stereocenters. The van der Waals surface area contributed by atoms with Gasteiger partial charge in [0.05, 0.1) is 6.54 Å². The van der Waals surface area contributed by atoms with Gasteiger partial charge in [-0.3, -0.25) is 0 Å². The van der Waals surface area contributed by atoms with Gasteiger partial charge in [-0.2, -0.15) is 0 Å². The Balaban J connectivity index is 4.26. The first-order valence-electron chi connectivity index (χ1n) is 6.67. The number of alkyl carbamates (subject to hydrolysis) is 1. The summed E-state index contributed by atoms with van der Waals surface area (Å²) in [5, 5.41) is 3.03. The highest BCUT2D eigenvalue weighted by molar-refractivity contribution is 6.30. The molecule has 0 saturated heterocycles. The second-order valence-electron chi connectivity index (χ2n) is 5.54. The molecule has 0 rings (SSSR count). The van der Waals surface area contributed by atoms with Crippen LogP contribution in [0.5, 0.6) is 0 Å². The van der Waals surface area contributed by atoms with Crippen molar-refractivity contribution in [1.82, 2.24) is 5.32 Å². The fourth-order valence-electron chi connectivity index (χ4n) is 1.15. The van der Waals surface area contributed by atoms with Gasteiger partial charge < -0.3 is 10.1 Å². The second kappa shape index (κ2) is 8.80. The van der Waals surface area contributed by atoms with Crippen molar-refractivity contribution in [3.05, 3.63) is 23.4 Å². The Bertz CT molecular complexity index is 407. The molecule has 0 aliphatic heterocycles. The van der Waals surface area contributed by atoms with Crippen LogP contribution < -0.4 is 5.32 Å². The molecule has 20 heavy (non-hydrogen) atoms. The van der Waals surface area contributed by atoms with E-state index in [2.05, 4.69) is 16.9 Å². The average molecular weight is 301 g/mol. The number of ether oxygens (including phenoxy) is 1. The first kappa shape index (κ1) is 18.7. The quantitative estimate of drug-likeness (QED) is 0.449. The lowest BCUT2D eigenvalue weighted by atomic mass is 10.2. The van der Waals surface area contributed by atoms with Crippen LogP contribution in [0.2, 0.25) is 0 Å². The van der Waals surface area contributed by atoms with E-state index in [1.54, 1.807) is 6.92 Å². The van der Waals surface area contributed by atoms with Gasteiger partial charge in [-0.1, -0.05) is 30.7 Å². The van der Waals surface area contributed by atoms with Gasteiger partial charge in [-0.25, -0.2) is 9.79 Å². The van der Waals surface area contributed by atoms with Crippen molar-refractivity contribution in [1.29, 1.82) is 0 Å². The molecule has 0 aromatic heterocycles. The van der Waals surface area contributed by atoms with Crippen LogP contribution in [0.25, 0.3) is 0 Å². The van der Waals surface area contributed by atoms with Crippen molar-refractivity contribution < 1.29 is 9.53 Å². The van der Waals surface area contributed by atoms with Gasteiger partial charge in [0.15, 0.2) is 0 Å². The highest BCUT2D eigenvalue weighted by Crippen LogP contribution is 2.11. The molecule has 0 bridgehead atoms. The lowest BCUT2D eigenvalue weighted by Gasteiger charge is -2.19. The first-order valence-corrected chi connectivity index (χ1v) is 7.05. The molecule has 4 nitrogen and oxygen atoms in total. The van der Waals surface area contributed by atoms with Gasteiger partial charge in [0.1, 0.15) is 10.8 Å². The molecule has 0 fully saturated rings. The van der Waals surface area contributed by atoms with Crippen LogP contribution in [0.1, 0.15) is 47.5 Å². The highest BCUT2D eigenvalue weighted by Gasteiger charge is 2.15. The fourth-order valence-corrected chi connectivity index (χ4v) is 1.38. The fraction of sp³-hybridized carbons (Fsp3) is 0.600. The van der Waals surface area contributed by atoms with Crippen LogP contribution in [-0.4, -0.2) is 24.0 Å². The number of hydrogen-bond acceptors (Lipinski definition) is 3. The van der Waals surface area contributed by atoms with Crippen LogP contribution in [0.3, 0.4) is 0 Å². The Kier molecular flexibility index (Phi) is 8.23. The number of carbonyl (C=O) groups is 1. The number of nitrogens with zero attached hydrogens (tertiary/aromatic N) is 1. The molecule has 0 aliphatic carbocycles. The van der Waals surface area contributed by atoms with Gasteiger partial charge >= 0.3 is 6.09 Å². The summed E-state index contributed by atoms with van der Waals surface area (Å²) in [5.74, 6) is 0. The zero-order valence-corrected chi connectivity index (χ0v) is 13.8. The number of rotatable bonds is 6. The third-order valence-corrected chi connectivity index (χ3v) is 2.48. The molecule has 1 N–H and O–H groups in total. The van der Waals surface area contributed by atoms with Crippen LogP contribution in [0.15, 0.2) is 28.4 Å². The maximum atomic E-state index is 11.5. The number of halogens is 1. The Hall–Kier alpha value is -1.29. The Morgan fingerprint density at radius 2 is 2.05 bits per heavy atom. The van der Waals surface area contributed by atoms with E-state index in [9.17, 15) is 4.79 Å². The summed E-state index contributed by atoms with van der Waals surface area (Å²) in [4.78, 5) is 15.6. The summed E-state index contributed by atoms with van der Waals surface area (Å²) >= 11 is 5.99. The molecule has 1 amide bonds. The van der Waals surface area contributed by atoms with E-state index in [4.69, 9.17) is 16.3 Å². The van der Waals surface area contributed by atoms with Crippen LogP contribution in [0, 0.1) is 0 Å². The Morgan fingerprint density at radius 3 is 2.55 bits per heavy atom. The molecular weight excluding hydrogens is 276 g/mol. The number of nitrogens with one attached hydrogen (secondary N) is 1. The van der Waals surface area contributed by atoms with Crippen molar-refractivity contribution in [3.8, 4) is 0 Å². The van der Waals surface area contributed by atoms with Crippen LogP contribution in [0.4, 0.5) is 4.79 Å². The zero-order valence-electron chi connectivity index (χ0n) is 13.0. The van der Waals surface area contributed by atoms with Gasteiger partial charge in [-0.15, -0.1) is 0 Å². The van der Waals surface area contributed by atoms with E-state index in [0.29, 0.717) is 23.8 Å². The van der Waals surface area contributed by atoms with E-state index in [-0.39, 0.29) is 0 Å². The SMILES string of the molecule is C=C(CC)C/C=C(Cl)\N=C(/C)CNC(=O)OC(C)(C)C. The molecule has 0 radical (unpaired) electrons. The van der Waals surface area contributed by atoms with E-state index in [0.717, 1.165) is 12.0 Å². The topological polar surface area (TPSA) is 50.7 Å². The summed E-state index contributed by atoms with van der Waals surface area (Å²) < 4.78 is 5.12. The maximum absolute atomic E-state index is 11.5. The van der Waals surface area contributed by atoms with Gasteiger partial charge in [0.2, 0.25) is 0 Å². The molecule has 0 heterocycles. The second-order valence-corrected chi connectivity index (χ2v) is 5.92. The minimum absolute atomic E-state index is 0.299. The lowest BCUT2D eigenvalue weighted by molar-refractivity contribution is 0.0536. The largest absolute Gasteiger partial charge is 0.444 e. The van der Waals surface area contributed by atoms with Crippen LogP contribution in [-0.2, 0) is 4.74 Å². The van der Waals surface area contributed by atoms with Crippen molar-refractivity contribution in [2.75, 3.05) is 6.54 Å². The van der Waals surface area contributed by atoms with Crippen molar-refractivity contribution in [2.24, 2.45) is 4.99 Å². The van der Waals surface area contributed by atoms with Crippen molar-refractivity contribution in [3.63, 3.8) is 0 Å². The van der Waals surface area contributed by atoms with Crippen molar-refractivity contribution >= 4 is 23.4 Å². The third-order valence-electron chi connectivity index (χ3n) is 2.24. The number of allylic oxidation sites excluding steroid dienone is 2.